The molecule has 1 rings (SSSR count). The van der Waals surface area contributed by atoms with E-state index in [0.29, 0.717) is 6.04 Å². The molecular weight excluding hydrogens is 160 g/mol. The first-order valence-corrected chi connectivity index (χ1v) is 5.53. The molecule has 0 aromatic rings. The minimum absolute atomic E-state index is 0.702. The lowest BCUT2D eigenvalue weighted by atomic mass is 9.98. The predicted molar refractivity (Wildman–Crippen MR) is 58.0 cm³/mol. The zero-order valence-electron chi connectivity index (χ0n) is 9.51. The van der Waals surface area contributed by atoms with Gasteiger partial charge >= 0.3 is 0 Å². The maximum Gasteiger partial charge on any atom is 0.0119 e. The molecule has 0 aromatic heterocycles. The first-order chi connectivity index (χ1) is 6.09. The van der Waals surface area contributed by atoms with Gasteiger partial charge in [0.1, 0.15) is 0 Å². The fraction of sp³-hybridized carbons (Fsp3) is 1.00. The maximum atomic E-state index is 3.49. The van der Waals surface area contributed by atoms with Crippen molar-refractivity contribution in [1.29, 1.82) is 0 Å². The lowest BCUT2D eigenvalue weighted by Crippen LogP contribution is -2.46. The molecule has 0 amide bonds. The summed E-state index contributed by atoms with van der Waals surface area (Å²) < 4.78 is 0. The van der Waals surface area contributed by atoms with Crippen molar-refractivity contribution in [3.05, 3.63) is 0 Å². The number of hydrogen-bond donors (Lipinski definition) is 1. The summed E-state index contributed by atoms with van der Waals surface area (Å²) in [6.45, 7) is 9.29. The monoisotopic (exact) mass is 184 g/mol. The predicted octanol–water partition coefficient (Wildman–Crippen LogP) is 1.71. The average Bonchev–Trinajstić information content (AvgIpc) is 2.03. The van der Waals surface area contributed by atoms with Gasteiger partial charge in [-0.15, -0.1) is 0 Å². The Morgan fingerprint density at radius 3 is 2.69 bits per heavy atom. The SMILES string of the molecule is CC(C)CN(C)C1CCNC(C)C1. The van der Waals surface area contributed by atoms with Crippen LogP contribution in [0.1, 0.15) is 33.6 Å². The molecule has 0 aromatic carbocycles. The molecule has 0 saturated carbocycles. The Balaban J connectivity index is 2.32. The molecule has 1 saturated heterocycles. The lowest BCUT2D eigenvalue weighted by Gasteiger charge is -2.35. The Morgan fingerprint density at radius 1 is 1.46 bits per heavy atom. The van der Waals surface area contributed by atoms with Gasteiger partial charge in [-0.05, 0) is 39.3 Å². The molecule has 2 atom stereocenters. The Bertz CT molecular complexity index is 145. The third kappa shape index (κ3) is 3.65. The second kappa shape index (κ2) is 4.97. The fourth-order valence-electron chi connectivity index (χ4n) is 2.23. The lowest BCUT2D eigenvalue weighted by molar-refractivity contribution is 0.164. The molecule has 0 radical (unpaired) electrons. The van der Waals surface area contributed by atoms with E-state index in [-0.39, 0.29) is 0 Å². The van der Waals surface area contributed by atoms with Crippen LogP contribution in [0.4, 0.5) is 0 Å². The summed E-state index contributed by atoms with van der Waals surface area (Å²) in [6, 6.07) is 1.51. The summed E-state index contributed by atoms with van der Waals surface area (Å²) in [5.74, 6) is 0.787. The van der Waals surface area contributed by atoms with Gasteiger partial charge in [0.2, 0.25) is 0 Å². The number of piperidine rings is 1. The van der Waals surface area contributed by atoms with Gasteiger partial charge in [-0.25, -0.2) is 0 Å². The van der Waals surface area contributed by atoms with Crippen LogP contribution in [0.2, 0.25) is 0 Å². The standard InChI is InChI=1S/C11H24N2/c1-9(2)8-13(4)11-5-6-12-10(3)7-11/h9-12H,5-8H2,1-4H3. The highest BCUT2D eigenvalue weighted by Gasteiger charge is 2.21. The van der Waals surface area contributed by atoms with E-state index in [1.807, 2.05) is 0 Å². The highest BCUT2D eigenvalue weighted by Crippen LogP contribution is 2.14. The number of rotatable bonds is 3. The molecule has 1 fully saturated rings. The minimum atomic E-state index is 0.702. The van der Waals surface area contributed by atoms with Crippen LogP contribution in [0.3, 0.4) is 0 Å². The fourth-order valence-corrected chi connectivity index (χ4v) is 2.23. The van der Waals surface area contributed by atoms with Gasteiger partial charge in [0.05, 0.1) is 0 Å². The molecule has 78 valence electrons. The zero-order valence-corrected chi connectivity index (χ0v) is 9.51. The topological polar surface area (TPSA) is 15.3 Å². The van der Waals surface area contributed by atoms with E-state index in [1.54, 1.807) is 0 Å². The molecule has 1 aliphatic heterocycles. The largest absolute Gasteiger partial charge is 0.314 e. The molecule has 1 N–H and O–H groups in total. The second-order valence-electron chi connectivity index (χ2n) is 4.87. The molecular formula is C11H24N2. The van der Waals surface area contributed by atoms with E-state index >= 15 is 0 Å². The normalized spacial score (nSPS) is 30.0. The van der Waals surface area contributed by atoms with Gasteiger partial charge in [0.25, 0.3) is 0 Å². The van der Waals surface area contributed by atoms with Gasteiger partial charge in [-0.1, -0.05) is 13.8 Å². The molecule has 0 spiro atoms. The highest BCUT2D eigenvalue weighted by atomic mass is 15.1. The van der Waals surface area contributed by atoms with Crippen LogP contribution in [-0.2, 0) is 0 Å². The van der Waals surface area contributed by atoms with Crippen LogP contribution in [-0.4, -0.2) is 37.1 Å². The maximum absolute atomic E-state index is 3.49. The molecule has 2 nitrogen and oxygen atoms in total. The quantitative estimate of drug-likeness (QED) is 0.718. The van der Waals surface area contributed by atoms with Crippen LogP contribution < -0.4 is 5.32 Å². The van der Waals surface area contributed by atoms with Crippen LogP contribution in [0, 0.1) is 5.92 Å². The third-order valence-electron chi connectivity index (χ3n) is 2.87. The first-order valence-electron chi connectivity index (χ1n) is 5.53. The summed E-state index contributed by atoms with van der Waals surface area (Å²) >= 11 is 0. The molecule has 2 heteroatoms. The summed E-state index contributed by atoms with van der Waals surface area (Å²) in [7, 11) is 2.27. The van der Waals surface area contributed by atoms with E-state index in [0.717, 1.165) is 12.0 Å². The van der Waals surface area contributed by atoms with Crippen molar-refractivity contribution in [2.24, 2.45) is 5.92 Å². The Kier molecular flexibility index (Phi) is 4.20. The number of nitrogens with one attached hydrogen (secondary N) is 1. The zero-order chi connectivity index (χ0) is 9.84. The third-order valence-corrected chi connectivity index (χ3v) is 2.87. The average molecular weight is 184 g/mol. The molecule has 0 aliphatic carbocycles. The molecule has 1 aliphatic rings. The van der Waals surface area contributed by atoms with E-state index in [1.165, 1.54) is 25.9 Å². The van der Waals surface area contributed by atoms with Crippen molar-refractivity contribution in [3.8, 4) is 0 Å². The van der Waals surface area contributed by atoms with Gasteiger partial charge in [0, 0.05) is 18.6 Å². The minimum Gasteiger partial charge on any atom is -0.314 e. The number of nitrogens with zero attached hydrogens (tertiary/aromatic N) is 1. The summed E-state index contributed by atoms with van der Waals surface area (Å²) in [5.41, 5.74) is 0. The van der Waals surface area contributed by atoms with Crippen LogP contribution in [0.25, 0.3) is 0 Å². The number of hydrogen-bond acceptors (Lipinski definition) is 2. The van der Waals surface area contributed by atoms with E-state index in [4.69, 9.17) is 0 Å². The smallest absolute Gasteiger partial charge is 0.0119 e. The van der Waals surface area contributed by atoms with E-state index < -0.39 is 0 Å². The molecule has 2 unspecified atom stereocenters. The van der Waals surface area contributed by atoms with Crippen LogP contribution in [0.15, 0.2) is 0 Å². The van der Waals surface area contributed by atoms with Crippen LogP contribution >= 0.6 is 0 Å². The van der Waals surface area contributed by atoms with Gasteiger partial charge in [0.15, 0.2) is 0 Å². The highest BCUT2D eigenvalue weighted by molar-refractivity contribution is 4.81. The van der Waals surface area contributed by atoms with Gasteiger partial charge in [-0.2, -0.15) is 0 Å². The Labute approximate surface area is 82.7 Å². The van der Waals surface area contributed by atoms with Crippen molar-refractivity contribution in [1.82, 2.24) is 10.2 Å². The summed E-state index contributed by atoms with van der Waals surface area (Å²) in [5, 5.41) is 3.49. The second-order valence-corrected chi connectivity index (χ2v) is 4.87. The van der Waals surface area contributed by atoms with Crippen molar-refractivity contribution < 1.29 is 0 Å². The van der Waals surface area contributed by atoms with E-state index in [2.05, 4.69) is 38.0 Å². The summed E-state index contributed by atoms with van der Waals surface area (Å²) in [4.78, 5) is 2.53. The molecule has 13 heavy (non-hydrogen) atoms. The molecule has 1 heterocycles. The van der Waals surface area contributed by atoms with Crippen LogP contribution in [0.5, 0.6) is 0 Å². The van der Waals surface area contributed by atoms with Crippen molar-refractivity contribution in [2.45, 2.75) is 45.7 Å². The van der Waals surface area contributed by atoms with E-state index in [9.17, 15) is 0 Å². The van der Waals surface area contributed by atoms with Crippen molar-refractivity contribution in [2.75, 3.05) is 20.1 Å². The van der Waals surface area contributed by atoms with Gasteiger partial charge < -0.3 is 10.2 Å². The Hall–Kier alpha value is -0.0800. The van der Waals surface area contributed by atoms with Crippen molar-refractivity contribution in [3.63, 3.8) is 0 Å². The Morgan fingerprint density at radius 2 is 2.15 bits per heavy atom. The van der Waals surface area contributed by atoms with Gasteiger partial charge in [-0.3, -0.25) is 0 Å². The first kappa shape index (κ1) is 11.0. The molecule has 0 bridgehead atoms. The van der Waals surface area contributed by atoms with Crippen molar-refractivity contribution >= 4 is 0 Å². The summed E-state index contributed by atoms with van der Waals surface area (Å²) in [6.07, 6.45) is 2.62.